The number of methoxy groups -OCH3 is 1. The third kappa shape index (κ3) is 3.48. The number of carbonyl (C=O) groups is 1. The summed E-state index contributed by atoms with van der Waals surface area (Å²) in [5, 5.41) is 10.9. The molecule has 0 bridgehead atoms. The number of aromatic nitrogens is 4. The summed E-state index contributed by atoms with van der Waals surface area (Å²) in [7, 11) is 1.64. The fourth-order valence-electron chi connectivity index (χ4n) is 2.89. The first kappa shape index (κ1) is 15.4. The molecule has 1 aliphatic heterocycles. The van der Waals surface area contributed by atoms with Gasteiger partial charge in [0.1, 0.15) is 12.1 Å². The molecule has 8 nitrogen and oxygen atoms in total. The Morgan fingerprint density at radius 3 is 2.78 bits per heavy atom. The Balaban J connectivity index is 1.59. The monoisotopic (exact) mass is 316 g/mol. The molecule has 122 valence electrons. The van der Waals surface area contributed by atoms with Gasteiger partial charge in [-0.25, -0.2) is 4.68 Å². The highest BCUT2D eigenvalue weighted by Crippen LogP contribution is 2.28. The number of ether oxygens (including phenoxy) is 1. The summed E-state index contributed by atoms with van der Waals surface area (Å²) in [6.07, 6.45) is 1.87. The van der Waals surface area contributed by atoms with Gasteiger partial charge >= 0.3 is 0 Å². The predicted octanol–water partition coefficient (Wildman–Crippen LogP) is 0.0251. The number of amides is 1. The number of benzene rings is 1. The lowest BCUT2D eigenvalue weighted by molar-refractivity contribution is -0.130. The average molecular weight is 316 g/mol. The standard InChI is InChI=1S/C15H20N6O2/c1-23-12-4-2-11(3-5-12)13-8-20(9-14(13)16)15(22)6-7-21-10-17-18-19-21/h2-5,10,13-14H,6-9,16H2,1H3. The van der Waals surface area contributed by atoms with Crippen molar-refractivity contribution in [1.29, 1.82) is 0 Å². The molecule has 2 unspecified atom stereocenters. The van der Waals surface area contributed by atoms with E-state index in [4.69, 9.17) is 10.5 Å². The first-order chi connectivity index (χ1) is 11.2. The number of hydrogen-bond donors (Lipinski definition) is 1. The lowest BCUT2D eigenvalue weighted by Crippen LogP contribution is -2.32. The topological polar surface area (TPSA) is 99.2 Å². The zero-order valence-corrected chi connectivity index (χ0v) is 13.0. The van der Waals surface area contributed by atoms with Crippen LogP contribution in [0.25, 0.3) is 0 Å². The second-order valence-corrected chi connectivity index (χ2v) is 5.67. The quantitative estimate of drug-likeness (QED) is 0.835. The number of carbonyl (C=O) groups excluding carboxylic acids is 1. The van der Waals surface area contributed by atoms with Crippen molar-refractivity contribution in [2.45, 2.75) is 24.9 Å². The van der Waals surface area contributed by atoms with Crippen molar-refractivity contribution in [3.8, 4) is 5.75 Å². The van der Waals surface area contributed by atoms with Crippen LogP contribution in [0.4, 0.5) is 0 Å². The first-order valence-electron chi connectivity index (χ1n) is 7.55. The normalized spacial score (nSPS) is 20.7. The van der Waals surface area contributed by atoms with Gasteiger partial charge in [-0.3, -0.25) is 4.79 Å². The molecule has 0 radical (unpaired) electrons. The predicted molar refractivity (Wildman–Crippen MR) is 82.7 cm³/mol. The molecule has 0 aliphatic carbocycles. The molecule has 0 spiro atoms. The van der Waals surface area contributed by atoms with E-state index in [1.165, 1.54) is 6.33 Å². The van der Waals surface area contributed by atoms with Gasteiger partial charge < -0.3 is 15.4 Å². The minimum Gasteiger partial charge on any atom is -0.497 e. The SMILES string of the molecule is COc1ccc(C2CN(C(=O)CCn3cnnn3)CC2N)cc1. The number of likely N-dealkylation sites (tertiary alicyclic amines) is 1. The third-order valence-electron chi connectivity index (χ3n) is 4.21. The molecule has 1 aliphatic rings. The molecule has 2 atom stereocenters. The van der Waals surface area contributed by atoms with Crippen LogP contribution in [0, 0.1) is 0 Å². The molecule has 1 amide bonds. The molecule has 1 fully saturated rings. The summed E-state index contributed by atoms with van der Waals surface area (Å²) in [5.74, 6) is 1.04. The van der Waals surface area contributed by atoms with Gasteiger partial charge in [0, 0.05) is 31.5 Å². The van der Waals surface area contributed by atoms with Gasteiger partial charge in [-0.1, -0.05) is 12.1 Å². The molecule has 23 heavy (non-hydrogen) atoms. The molecule has 1 aromatic carbocycles. The van der Waals surface area contributed by atoms with Crippen LogP contribution in [0.1, 0.15) is 17.9 Å². The van der Waals surface area contributed by atoms with Gasteiger partial charge in [-0.15, -0.1) is 5.10 Å². The highest BCUT2D eigenvalue weighted by molar-refractivity contribution is 5.76. The Labute approximate surface area is 134 Å². The number of aryl methyl sites for hydroxylation is 1. The van der Waals surface area contributed by atoms with E-state index in [0.717, 1.165) is 11.3 Å². The highest BCUT2D eigenvalue weighted by atomic mass is 16.5. The maximum absolute atomic E-state index is 12.3. The summed E-state index contributed by atoms with van der Waals surface area (Å²) in [4.78, 5) is 14.2. The van der Waals surface area contributed by atoms with Crippen molar-refractivity contribution >= 4 is 5.91 Å². The highest BCUT2D eigenvalue weighted by Gasteiger charge is 2.33. The Morgan fingerprint density at radius 2 is 2.13 bits per heavy atom. The number of nitrogens with two attached hydrogens (primary N) is 1. The molecule has 3 rings (SSSR count). The lowest BCUT2D eigenvalue weighted by atomic mass is 9.95. The van der Waals surface area contributed by atoms with E-state index in [9.17, 15) is 4.79 Å². The summed E-state index contributed by atoms with van der Waals surface area (Å²) < 4.78 is 6.72. The smallest absolute Gasteiger partial charge is 0.224 e. The minimum atomic E-state index is -0.0552. The van der Waals surface area contributed by atoms with Gasteiger partial charge in [0.15, 0.2) is 0 Å². The molecule has 0 saturated carbocycles. The number of nitrogens with zero attached hydrogens (tertiary/aromatic N) is 5. The van der Waals surface area contributed by atoms with Gasteiger partial charge in [-0.2, -0.15) is 0 Å². The van der Waals surface area contributed by atoms with E-state index in [0.29, 0.717) is 26.1 Å². The zero-order chi connectivity index (χ0) is 16.2. The Morgan fingerprint density at radius 1 is 1.35 bits per heavy atom. The van der Waals surface area contributed by atoms with Crippen molar-refractivity contribution in [3.05, 3.63) is 36.2 Å². The van der Waals surface area contributed by atoms with E-state index in [1.54, 1.807) is 11.8 Å². The number of rotatable bonds is 5. The van der Waals surface area contributed by atoms with Gasteiger partial charge in [0.25, 0.3) is 0 Å². The van der Waals surface area contributed by atoms with Crippen molar-refractivity contribution in [2.24, 2.45) is 5.73 Å². The van der Waals surface area contributed by atoms with Crippen molar-refractivity contribution in [1.82, 2.24) is 25.1 Å². The largest absolute Gasteiger partial charge is 0.497 e. The van der Waals surface area contributed by atoms with Crippen LogP contribution in [0.15, 0.2) is 30.6 Å². The van der Waals surface area contributed by atoms with E-state index in [-0.39, 0.29) is 17.9 Å². The van der Waals surface area contributed by atoms with Crippen LogP contribution in [0.5, 0.6) is 5.75 Å². The number of hydrogen-bond acceptors (Lipinski definition) is 6. The van der Waals surface area contributed by atoms with Crippen molar-refractivity contribution < 1.29 is 9.53 Å². The molecule has 2 aromatic rings. The molecule has 2 heterocycles. The lowest BCUT2D eigenvalue weighted by Gasteiger charge is -2.16. The van der Waals surface area contributed by atoms with Crippen LogP contribution in [0.3, 0.4) is 0 Å². The summed E-state index contributed by atoms with van der Waals surface area (Å²) in [6, 6.07) is 7.81. The van der Waals surface area contributed by atoms with Crippen LogP contribution in [-0.4, -0.2) is 57.3 Å². The Bertz CT molecular complexity index is 642. The maximum atomic E-state index is 12.3. The third-order valence-corrected chi connectivity index (χ3v) is 4.21. The van der Waals surface area contributed by atoms with Gasteiger partial charge in [0.2, 0.25) is 5.91 Å². The van der Waals surface area contributed by atoms with E-state index in [2.05, 4.69) is 15.5 Å². The molecule has 1 aromatic heterocycles. The van der Waals surface area contributed by atoms with Crippen LogP contribution >= 0.6 is 0 Å². The first-order valence-corrected chi connectivity index (χ1v) is 7.55. The van der Waals surface area contributed by atoms with Crippen LogP contribution in [0.2, 0.25) is 0 Å². The van der Waals surface area contributed by atoms with E-state index < -0.39 is 0 Å². The second kappa shape index (κ2) is 6.74. The minimum absolute atomic E-state index is 0.0552. The molecule has 8 heteroatoms. The molecular weight excluding hydrogens is 296 g/mol. The zero-order valence-electron chi connectivity index (χ0n) is 13.0. The van der Waals surface area contributed by atoms with Crippen LogP contribution in [-0.2, 0) is 11.3 Å². The fourth-order valence-corrected chi connectivity index (χ4v) is 2.89. The summed E-state index contributed by atoms with van der Waals surface area (Å²) in [6.45, 7) is 1.69. The van der Waals surface area contributed by atoms with Gasteiger partial charge in [0.05, 0.1) is 13.7 Å². The fraction of sp³-hybridized carbons (Fsp3) is 0.467. The maximum Gasteiger partial charge on any atom is 0.224 e. The average Bonchev–Trinajstić information content (AvgIpc) is 3.22. The number of tetrazole rings is 1. The second-order valence-electron chi connectivity index (χ2n) is 5.67. The van der Waals surface area contributed by atoms with E-state index >= 15 is 0 Å². The van der Waals surface area contributed by atoms with Gasteiger partial charge in [-0.05, 0) is 28.1 Å². The molecule has 1 saturated heterocycles. The van der Waals surface area contributed by atoms with Crippen LogP contribution < -0.4 is 10.5 Å². The molecular formula is C15H20N6O2. The Hall–Kier alpha value is -2.48. The summed E-state index contributed by atoms with van der Waals surface area (Å²) >= 11 is 0. The van der Waals surface area contributed by atoms with E-state index in [1.807, 2.05) is 29.2 Å². The van der Waals surface area contributed by atoms with Crippen molar-refractivity contribution in [2.75, 3.05) is 20.2 Å². The summed E-state index contributed by atoms with van der Waals surface area (Å²) in [5.41, 5.74) is 7.37. The molecule has 2 N–H and O–H groups in total. The Kier molecular flexibility index (Phi) is 4.52. The van der Waals surface area contributed by atoms with Crippen molar-refractivity contribution in [3.63, 3.8) is 0 Å².